The summed E-state index contributed by atoms with van der Waals surface area (Å²) in [6.07, 6.45) is -6.23. The molecular weight excluding hydrogens is 381 g/mol. The maximum Gasteiger partial charge on any atom is 0.417 e. The molecule has 1 aromatic heterocycles. The summed E-state index contributed by atoms with van der Waals surface area (Å²) in [6.45, 7) is 1.66. The third-order valence-corrected chi connectivity index (χ3v) is 5.34. The number of aliphatic hydroxyl groups is 1. The van der Waals surface area contributed by atoms with Gasteiger partial charge in [-0.2, -0.15) is 13.2 Å². The lowest BCUT2D eigenvalue weighted by Gasteiger charge is -2.43. The van der Waals surface area contributed by atoms with E-state index in [9.17, 15) is 27.9 Å². The first-order valence-corrected chi connectivity index (χ1v) is 7.84. The lowest BCUT2D eigenvalue weighted by molar-refractivity contribution is -0.275. The van der Waals surface area contributed by atoms with Crippen LogP contribution < -0.4 is 10.9 Å². The minimum absolute atomic E-state index is 0.163. The van der Waals surface area contributed by atoms with Crippen molar-refractivity contribution >= 4 is 21.8 Å². The number of hydrogen-bond donors (Lipinski definition) is 2. The van der Waals surface area contributed by atoms with E-state index in [1.807, 2.05) is 0 Å². The van der Waals surface area contributed by atoms with Gasteiger partial charge in [0.1, 0.15) is 11.4 Å². The number of aryl methyl sites for hydroxylation is 1. The van der Waals surface area contributed by atoms with Gasteiger partial charge in [0.2, 0.25) is 0 Å². The van der Waals surface area contributed by atoms with E-state index in [1.165, 1.54) is 10.6 Å². The van der Waals surface area contributed by atoms with Gasteiger partial charge in [-0.05, 0) is 60.2 Å². The molecule has 5 nitrogen and oxygen atoms in total. The molecule has 9 heteroatoms. The first-order valence-electron chi connectivity index (χ1n) is 7.05. The largest absolute Gasteiger partial charge is 0.417 e. The quantitative estimate of drug-likeness (QED) is 0.708. The van der Waals surface area contributed by atoms with Gasteiger partial charge in [-0.1, -0.05) is 0 Å². The fourth-order valence-electron chi connectivity index (χ4n) is 3.43. The SMILES string of the molecule is Cc1cc(Br)c(=O)n2c1C(=O)NC21CCC(O)(C(F)(F)F)CC1. The van der Waals surface area contributed by atoms with Crippen LogP contribution in [-0.2, 0) is 5.66 Å². The number of carbonyl (C=O) groups is 1. The fraction of sp³-hybridized carbons (Fsp3) is 0.571. The molecule has 2 heterocycles. The van der Waals surface area contributed by atoms with Crippen LogP contribution in [0.25, 0.3) is 0 Å². The Bertz CT molecular complexity index is 749. The van der Waals surface area contributed by atoms with Crippen molar-refractivity contribution < 1.29 is 23.1 Å². The Kier molecular flexibility index (Phi) is 3.46. The van der Waals surface area contributed by atoms with E-state index in [1.54, 1.807) is 6.92 Å². The highest BCUT2D eigenvalue weighted by Gasteiger charge is 2.59. The van der Waals surface area contributed by atoms with Gasteiger partial charge in [-0.25, -0.2) is 0 Å². The van der Waals surface area contributed by atoms with Crippen LogP contribution in [-0.4, -0.2) is 27.4 Å². The predicted octanol–water partition coefficient (Wildman–Crippen LogP) is 2.18. The lowest BCUT2D eigenvalue weighted by Crippen LogP contribution is -2.57. The first kappa shape index (κ1) is 16.5. The summed E-state index contributed by atoms with van der Waals surface area (Å²) in [7, 11) is 0. The standard InChI is InChI=1S/C14H14BrF3N2O3/c1-7-6-8(15)11(22)20-9(7)10(21)19-13(20)4-2-12(23,3-5-13)14(16,17)18/h6,23H,2-5H2,1H3,(H,19,21). The van der Waals surface area contributed by atoms with Crippen molar-refractivity contribution in [1.29, 1.82) is 0 Å². The first-order chi connectivity index (χ1) is 10.5. The second-order valence-corrected chi connectivity index (χ2v) is 7.03. The Balaban J connectivity index is 2.07. The average molecular weight is 395 g/mol. The maximum atomic E-state index is 13.0. The number of rotatable bonds is 0. The minimum atomic E-state index is -4.74. The molecule has 3 rings (SSSR count). The molecule has 0 aromatic carbocycles. The normalized spacial score (nSPS) is 30.4. The maximum absolute atomic E-state index is 13.0. The molecule has 1 amide bonds. The number of amides is 1. The van der Waals surface area contributed by atoms with Crippen molar-refractivity contribution in [2.24, 2.45) is 0 Å². The molecule has 2 N–H and O–H groups in total. The molecular formula is C14H14BrF3N2O3. The van der Waals surface area contributed by atoms with Crippen molar-refractivity contribution in [2.45, 2.75) is 50.0 Å². The van der Waals surface area contributed by atoms with Crippen molar-refractivity contribution in [3.8, 4) is 0 Å². The van der Waals surface area contributed by atoms with Gasteiger partial charge in [-0.3, -0.25) is 14.2 Å². The van der Waals surface area contributed by atoms with Crippen LogP contribution in [0.4, 0.5) is 13.2 Å². The van der Waals surface area contributed by atoms with Gasteiger partial charge < -0.3 is 10.4 Å². The van der Waals surface area contributed by atoms with Gasteiger partial charge >= 0.3 is 6.18 Å². The number of nitrogens with one attached hydrogen (secondary N) is 1. The molecule has 1 fully saturated rings. The van der Waals surface area contributed by atoms with Gasteiger partial charge in [0.15, 0.2) is 5.60 Å². The molecule has 0 radical (unpaired) electrons. The van der Waals surface area contributed by atoms with E-state index >= 15 is 0 Å². The fourth-order valence-corrected chi connectivity index (χ4v) is 3.95. The van der Waals surface area contributed by atoms with Crippen LogP contribution in [0, 0.1) is 6.92 Å². The highest BCUT2D eigenvalue weighted by Crippen LogP contribution is 2.47. The topological polar surface area (TPSA) is 71.3 Å². The number of fused-ring (bicyclic) bond motifs is 2. The predicted molar refractivity (Wildman–Crippen MR) is 78.1 cm³/mol. The molecule has 1 aliphatic heterocycles. The molecule has 2 aliphatic rings. The number of hydrogen-bond acceptors (Lipinski definition) is 3. The number of nitrogens with zero attached hydrogens (tertiary/aromatic N) is 1. The molecule has 0 atom stereocenters. The second-order valence-electron chi connectivity index (χ2n) is 6.18. The number of pyridine rings is 1. The summed E-state index contributed by atoms with van der Waals surface area (Å²) in [5.74, 6) is -0.482. The molecule has 0 unspecified atom stereocenters. The summed E-state index contributed by atoms with van der Waals surface area (Å²) in [5, 5.41) is 12.5. The Morgan fingerprint density at radius 2 is 1.83 bits per heavy atom. The number of alkyl halides is 3. The Morgan fingerprint density at radius 3 is 2.35 bits per heavy atom. The van der Waals surface area contributed by atoms with Crippen molar-refractivity contribution in [3.05, 3.63) is 32.2 Å². The third-order valence-electron chi connectivity index (χ3n) is 4.77. The molecule has 0 saturated heterocycles. The smallest absolute Gasteiger partial charge is 0.380 e. The van der Waals surface area contributed by atoms with E-state index in [4.69, 9.17) is 0 Å². The van der Waals surface area contributed by atoms with Crippen LogP contribution in [0.5, 0.6) is 0 Å². The van der Waals surface area contributed by atoms with Crippen LogP contribution in [0.1, 0.15) is 41.7 Å². The van der Waals surface area contributed by atoms with Gasteiger partial charge in [0.05, 0.1) is 4.47 Å². The van der Waals surface area contributed by atoms with Crippen molar-refractivity contribution in [2.75, 3.05) is 0 Å². The number of carbonyl (C=O) groups excluding carboxylic acids is 1. The molecule has 1 saturated carbocycles. The van der Waals surface area contributed by atoms with Gasteiger partial charge in [-0.15, -0.1) is 0 Å². The highest BCUT2D eigenvalue weighted by molar-refractivity contribution is 9.10. The zero-order valence-electron chi connectivity index (χ0n) is 12.1. The molecule has 1 spiro atoms. The Hall–Kier alpha value is -1.35. The van der Waals surface area contributed by atoms with E-state index in [2.05, 4.69) is 21.2 Å². The Labute approximate surface area is 137 Å². The molecule has 23 heavy (non-hydrogen) atoms. The zero-order chi connectivity index (χ0) is 17.2. The van der Waals surface area contributed by atoms with Crippen LogP contribution in [0.15, 0.2) is 15.3 Å². The van der Waals surface area contributed by atoms with E-state index in [-0.39, 0.29) is 23.0 Å². The lowest BCUT2D eigenvalue weighted by atomic mass is 9.78. The molecule has 0 bridgehead atoms. The van der Waals surface area contributed by atoms with Crippen molar-refractivity contribution in [3.63, 3.8) is 0 Å². The van der Waals surface area contributed by atoms with Crippen molar-refractivity contribution in [1.82, 2.24) is 9.88 Å². The number of halogens is 4. The summed E-state index contributed by atoms with van der Waals surface area (Å²) < 4.78 is 40.4. The monoisotopic (exact) mass is 394 g/mol. The highest BCUT2D eigenvalue weighted by atomic mass is 79.9. The third kappa shape index (κ3) is 2.24. The minimum Gasteiger partial charge on any atom is -0.380 e. The Morgan fingerprint density at radius 1 is 1.26 bits per heavy atom. The van der Waals surface area contributed by atoms with E-state index in [0.717, 1.165) is 0 Å². The summed E-state index contributed by atoms with van der Waals surface area (Å²) in [5.41, 5.74) is -3.74. The second kappa shape index (κ2) is 4.83. The summed E-state index contributed by atoms with van der Waals surface area (Å²) in [4.78, 5) is 24.6. The van der Waals surface area contributed by atoms with Gasteiger partial charge in [0, 0.05) is 0 Å². The van der Waals surface area contributed by atoms with E-state index in [0.29, 0.717) is 5.56 Å². The molecule has 1 aliphatic carbocycles. The molecule has 1 aromatic rings. The van der Waals surface area contributed by atoms with E-state index < -0.39 is 41.7 Å². The van der Waals surface area contributed by atoms with Crippen LogP contribution >= 0.6 is 15.9 Å². The molecule has 126 valence electrons. The van der Waals surface area contributed by atoms with Gasteiger partial charge in [0.25, 0.3) is 11.5 Å². The number of aromatic nitrogens is 1. The average Bonchev–Trinajstić information content (AvgIpc) is 2.72. The summed E-state index contributed by atoms with van der Waals surface area (Å²) in [6, 6.07) is 1.52. The van der Waals surface area contributed by atoms with Crippen LogP contribution in [0.2, 0.25) is 0 Å². The van der Waals surface area contributed by atoms with Crippen LogP contribution in [0.3, 0.4) is 0 Å². The zero-order valence-corrected chi connectivity index (χ0v) is 13.7. The summed E-state index contributed by atoms with van der Waals surface area (Å²) >= 11 is 3.12.